The maximum absolute atomic E-state index is 11.8. The van der Waals surface area contributed by atoms with Crippen molar-refractivity contribution in [3.05, 3.63) is 43.2 Å². The lowest BCUT2D eigenvalue weighted by Crippen LogP contribution is -2.21. The highest BCUT2D eigenvalue weighted by Crippen LogP contribution is 2.12. The van der Waals surface area contributed by atoms with Crippen molar-refractivity contribution in [1.82, 2.24) is 9.55 Å². The van der Waals surface area contributed by atoms with Crippen LogP contribution in [0.4, 0.5) is 5.69 Å². The number of anilines is 1. The maximum Gasteiger partial charge on any atom is 0.265 e. The fourth-order valence-corrected chi connectivity index (χ4v) is 2.49. The molecule has 2 aromatic heterocycles. The van der Waals surface area contributed by atoms with E-state index in [1.807, 2.05) is 12.3 Å². The third-order valence-electron chi connectivity index (χ3n) is 2.06. The average molecular weight is 300 g/mol. The van der Waals surface area contributed by atoms with Gasteiger partial charge in [-0.05, 0) is 28.9 Å². The Morgan fingerprint density at radius 3 is 3.00 bits per heavy atom. The van der Waals surface area contributed by atoms with Crippen molar-refractivity contribution in [2.45, 2.75) is 13.5 Å². The molecule has 2 N–H and O–H groups in total. The van der Waals surface area contributed by atoms with Gasteiger partial charge in [0.1, 0.15) is 0 Å². The molecule has 0 aliphatic carbocycles. The molecule has 0 saturated carbocycles. The van der Waals surface area contributed by atoms with Gasteiger partial charge in [0.2, 0.25) is 0 Å². The highest BCUT2D eigenvalue weighted by molar-refractivity contribution is 9.10. The zero-order chi connectivity index (χ0) is 11.7. The number of pyridine rings is 1. The number of rotatable bonds is 2. The van der Waals surface area contributed by atoms with Crippen LogP contribution in [-0.2, 0) is 6.54 Å². The number of nitrogens with zero attached hydrogens (tertiary/aromatic N) is 2. The molecule has 0 spiro atoms. The van der Waals surface area contributed by atoms with Crippen molar-refractivity contribution in [3.8, 4) is 0 Å². The van der Waals surface area contributed by atoms with Gasteiger partial charge in [-0.15, -0.1) is 11.3 Å². The summed E-state index contributed by atoms with van der Waals surface area (Å²) >= 11 is 4.75. The van der Waals surface area contributed by atoms with E-state index < -0.39 is 0 Å². The number of nitrogen functional groups attached to an aromatic ring is 1. The minimum atomic E-state index is -0.0974. The quantitative estimate of drug-likeness (QED) is 0.923. The van der Waals surface area contributed by atoms with Gasteiger partial charge in [0.05, 0.1) is 21.7 Å². The van der Waals surface area contributed by atoms with E-state index in [0.29, 0.717) is 16.7 Å². The second kappa shape index (κ2) is 4.39. The van der Waals surface area contributed by atoms with E-state index in [9.17, 15) is 4.79 Å². The third-order valence-corrected chi connectivity index (χ3v) is 3.45. The van der Waals surface area contributed by atoms with Gasteiger partial charge >= 0.3 is 0 Å². The Balaban J connectivity index is 2.38. The number of aryl methyl sites for hydroxylation is 1. The molecule has 0 aromatic carbocycles. The van der Waals surface area contributed by atoms with E-state index in [-0.39, 0.29) is 5.56 Å². The molecule has 0 fully saturated rings. The predicted octanol–water partition coefficient (Wildman–Crippen LogP) is 2.01. The first-order chi connectivity index (χ1) is 7.56. The largest absolute Gasteiger partial charge is 0.398 e. The summed E-state index contributed by atoms with van der Waals surface area (Å²) in [6, 6.07) is 1.60. The Hall–Kier alpha value is -1.14. The van der Waals surface area contributed by atoms with Gasteiger partial charge in [-0.3, -0.25) is 4.79 Å². The standard InChI is InChI=1S/C10H10BrN3OS/c1-6-13-8(5-16-6)4-14-3-7(12)2-9(11)10(14)15/h2-3,5H,4,12H2,1H3. The monoisotopic (exact) mass is 299 g/mol. The molecule has 0 amide bonds. The summed E-state index contributed by atoms with van der Waals surface area (Å²) in [7, 11) is 0. The highest BCUT2D eigenvalue weighted by atomic mass is 79.9. The van der Waals surface area contributed by atoms with Crippen molar-refractivity contribution in [2.75, 3.05) is 5.73 Å². The molecule has 0 aliphatic heterocycles. The lowest BCUT2D eigenvalue weighted by Gasteiger charge is -2.05. The summed E-state index contributed by atoms with van der Waals surface area (Å²) in [4.78, 5) is 16.1. The molecule has 6 heteroatoms. The molecule has 84 valence electrons. The fraction of sp³-hybridized carbons (Fsp3) is 0.200. The minimum Gasteiger partial charge on any atom is -0.398 e. The topological polar surface area (TPSA) is 60.9 Å². The summed E-state index contributed by atoms with van der Waals surface area (Å²) in [5.41, 5.74) is 7.01. The molecule has 0 atom stereocenters. The number of hydrogen-bond acceptors (Lipinski definition) is 4. The van der Waals surface area contributed by atoms with Crippen LogP contribution in [0.2, 0.25) is 0 Å². The van der Waals surface area contributed by atoms with Gasteiger partial charge in [-0.1, -0.05) is 0 Å². The summed E-state index contributed by atoms with van der Waals surface area (Å²) < 4.78 is 2.02. The Morgan fingerprint density at radius 1 is 1.62 bits per heavy atom. The van der Waals surface area contributed by atoms with Gasteiger partial charge in [-0.2, -0.15) is 0 Å². The van der Waals surface area contributed by atoms with Crippen LogP contribution in [-0.4, -0.2) is 9.55 Å². The van der Waals surface area contributed by atoms with E-state index >= 15 is 0 Å². The Kier molecular flexibility index (Phi) is 3.11. The first-order valence-electron chi connectivity index (χ1n) is 4.63. The van der Waals surface area contributed by atoms with E-state index in [4.69, 9.17) is 5.73 Å². The van der Waals surface area contributed by atoms with Crippen LogP contribution >= 0.6 is 27.3 Å². The molecule has 16 heavy (non-hydrogen) atoms. The van der Waals surface area contributed by atoms with Crippen LogP contribution < -0.4 is 11.3 Å². The zero-order valence-corrected chi connectivity index (χ0v) is 11.0. The van der Waals surface area contributed by atoms with E-state index in [2.05, 4.69) is 20.9 Å². The first-order valence-corrected chi connectivity index (χ1v) is 6.30. The van der Waals surface area contributed by atoms with E-state index in [1.165, 1.54) is 0 Å². The van der Waals surface area contributed by atoms with Gasteiger partial charge in [0, 0.05) is 17.3 Å². The second-order valence-corrected chi connectivity index (χ2v) is 5.33. The molecular weight excluding hydrogens is 290 g/mol. The molecule has 2 aromatic rings. The minimum absolute atomic E-state index is 0.0974. The summed E-state index contributed by atoms with van der Waals surface area (Å²) in [5, 5.41) is 2.94. The Labute approximate surface area is 105 Å². The van der Waals surface area contributed by atoms with Gasteiger partial charge in [-0.25, -0.2) is 4.98 Å². The van der Waals surface area contributed by atoms with Gasteiger partial charge in [0.15, 0.2) is 0 Å². The normalized spacial score (nSPS) is 10.6. The molecule has 0 bridgehead atoms. The number of nitrogens with two attached hydrogens (primary N) is 1. The van der Waals surface area contributed by atoms with Crippen LogP contribution in [0.1, 0.15) is 10.7 Å². The second-order valence-electron chi connectivity index (χ2n) is 3.41. The van der Waals surface area contributed by atoms with Crippen molar-refractivity contribution in [3.63, 3.8) is 0 Å². The van der Waals surface area contributed by atoms with Crippen LogP contribution in [0.5, 0.6) is 0 Å². The molecule has 0 saturated heterocycles. The first kappa shape index (κ1) is 11.3. The third kappa shape index (κ3) is 2.33. The lowest BCUT2D eigenvalue weighted by atomic mass is 10.4. The number of aromatic nitrogens is 2. The molecule has 4 nitrogen and oxygen atoms in total. The fourth-order valence-electron chi connectivity index (χ4n) is 1.39. The molecule has 0 aliphatic rings. The maximum atomic E-state index is 11.8. The van der Waals surface area contributed by atoms with Crippen LogP contribution in [0, 0.1) is 6.92 Å². The highest BCUT2D eigenvalue weighted by Gasteiger charge is 2.05. The summed E-state index contributed by atoms with van der Waals surface area (Å²) in [6.07, 6.45) is 1.63. The van der Waals surface area contributed by atoms with Gasteiger partial charge < -0.3 is 10.3 Å². The molecular formula is C10H10BrN3OS. The van der Waals surface area contributed by atoms with Crippen LogP contribution in [0.25, 0.3) is 0 Å². The smallest absolute Gasteiger partial charge is 0.265 e. The van der Waals surface area contributed by atoms with Crippen molar-refractivity contribution in [1.29, 1.82) is 0 Å². The predicted molar refractivity (Wildman–Crippen MR) is 68.8 cm³/mol. The number of hydrogen-bond donors (Lipinski definition) is 1. The average Bonchev–Trinajstić information content (AvgIpc) is 2.60. The van der Waals surface area contributed by atoms with Crippen molar-refractivity contribution in [2.24, 2.45) is 0 Å². The molecule has 0 unspecified atom stereocenters. The summed E-state index contributed by atoms with van der Waals surface area (Å²) in [5.74, 6) is 0. The van der Waals surface area contributed by atoms with E-state index in [1.54, 1.807) is 28.2 Å². The molecule has 2 heterocycles. The Morgan fingerprint density at radius 2 is 2.38 bits per heavy atom. The van der Waals surface area contributed by atoms with E-state index in [0.717, 1.165) is 10.7 Å². The lowest BCUT2D eigenvalue weighted by molar-refractivity contribution is 0.740. The SMILES string of the molecule is Cc1nc(Cn2cc(N)cc(Br)c2=O)cs1. The number of thiazole rings is 1. The van der Waals surface area contributed by atoms with Crippen molar-refractivity contribution < 1.29 is 0 Å². The van der Waals surface area contributed by atoms with Crippen LogP contribution in [0.3, 0.4) is 0 Å². The van der Waals surface area contributed by atoms with Crippen LogP contribution in [0.15, 0.2) is 26.9 Å². The van der Waals surface area contributed by atoms with Crippen molar-refractivity contribution >= 4 is 33.0 Å². The van der Waals surface area contributed by atoms with Gasteiger partial charge in [0.25, 0.3) is 5.56 Å². The summed E-state index contributed by atoms with van der Waals surface area (Å²) in [6.45, 7) is 2.39. The number of halogens is 1. The zero-order valence-electron chi connectivity index (χ0n) is 8.61. The molecule has 2 rings (SSSR count). The molecule has 0 radical (unpaired) electrons. The Bertz CT molecular complexity index is 576.